The van der Waals surface area contributed by atoms with Crippen LogP contribution in [0.5, 0.6) is 0 Å². The number of hydrogen-bond acceptors (Lipinski definition) is 5. The van der Waals surface area contributed by atoms with Crippen LogP contribution in [0.1, 0.15) is 51.9 Å². The SMILES string of the molecule is Cc1cc(C)n(-c2ccc(NC(=O)c3cc(C4CC4)nc4c3c(C)nn4C)cn2)n1. The van der Waals surface area contributed by atoms with Gasteiger partial charge in [-0.3, -0.25) is 9.48 Å². The number of hydrogen-bond donors (Lipinski definition) is 1. The second kappa shape index (κ2) is 6.76. The fourth-order valence-corrected chi connectivity index (χ4v) is 3.88. The Hall–Kier alpha value is -3.55. The molecule has 0 saturated heterocycles. The number of fused-ring (bicyclic) bond motifs is 1. The van der Waals surface area contributed by atoms with Gasteiger partial charge in [0.15, 0.2) is 11.5 Å². The molecule has 0 bridgehead atoms. The van der Waals surface area contributed by atoms with Gasteiger partial charge in [0.2, 0.25) is 0 Å². The van der Waals surface area contributed by atoms with Crippen molar-refractivity contribution in [1.82, 2.24) is 29.5 Å². The number of aryl methyl sites for hydroxylation is 4. The van der Waals surface area contributed by atoms with Gasteiger partial charge in [-0.2, -0.15) is 10.2 Å². The molecule has 8 heteroatoms. The topological polar surface area (TPSA) is 90.5 Å². The molecule has 4 aromatic rings. The van der Waals surface area contributed by atoms with Crippen LogP contribution in [0.2, 0.25) is 0 Å². The van der Waals surface area contributed by atoms with Gasteiger partial charge in [0.1, 0.15) is 0 Å². The van der Waals surface area contributed by atoms with Crippen LogP contribution in [0.25, 0.3) is 16.9 Å². The molecule has 1 saturated carbocycles. The van der Waals surface area contributed by atoms with E-state index in [9.17, 15) is 4.79 Å². The summed E-state index contributed by atoms with van der Waals surface area (Å²) >= 11 is 0. The summed E-state index contributed by atoms with van der Waals surface area (Å²) in [4.78, 5) is 22.4. The van der Waals surface area contributed by atoms with Gasteiger partial charge < -0.3 is 5.32 Å². The van der Waals surface area contributed by atoms with E-state index in [2.05, 4.69) is 20.5 Å². The Balaban J connectivity index is 1.47. The van der Waals surface area contributed by atoms with E-state index < -0.39 is 0 Å². The van der Waals surface area contributed by atoms with Crippen LogP contribution in [0.15, 0.2) is 30.5 Å². The van der Waals surface area contributed by atoms with Crippen molar-refractivity contribution in [1.29, 1.82) is 0 Å². The van der Waals surface area contributed by atoms with Crippen molar-refractivity contribution < 1.29 is 4.79 Å². The minimum absolute atomic E-state index is 0.180. The first-order valence-corrected chi connectivity index (χ1v) is 10.1. The van der Waals surface area contributed by atoms with Crippen molar-refractivity contribution in [2.24, 2.45) is 7.05 Å². The molecule has 0 atom stereocenters. The molecule has 8 nitrogen and oxygen atoms in total. The Bertz CT molecular complexity index is 1280. The molecule has 1 aliphatic rings. The van der Waals surface area contributed by atoms with Crippen LogP contribution in [0.3, 0.4) is 0 Å². The molecule has 1 aliphatic carbocycles. The van der Waals surface area contributed by atoms with Crippen LogP contribution >= 0.6 is 0 Å². The van der Waals surface area contributed by atoms with Crippen LogP contribution < -0.4 is 5.32 Å². The predicted molar refractivity (Wildman–Crippen MR) is 114 cm³/mol. The highest BCUT2D eigenvalue weighted by atomic mass is 16.1. The molecule has 152 valence electrons. The molecule has 4 aromatic heterocycles. The smallest absolute Gasteiger partial charge is 0.256 e. The van der Waals surface area contributed by atoms with Crippen molar-refractivity contribution in [3.05, 3.63) is 58.8 Å². The van der Waals surface area contributed by atoms with E-state index in [1.165, 1.54) is 0 Å². The lowest BCUT2D eigenvalue weighted by Crippen LogP contribution is -2.14. The molecule has 4 heterocycles. The molecule has 0 unspecified atom stereocenters. The number of nitrogens with zero attached hydrogens (tertiary/aromatic N) is 6. The minimum atomic E-state index is -0.180. The molecular formula is C22H23N7O. The zero-order valence-electron chi connectivity index (χ0n) is 17.5. The lowest BCUT2D eigenvalue weighted by Gasteiger charge is -2.10. The maximum absolute atomic E-state index is 13.2. The van der Waals surface area contributed by atoms with Crippen LogP contribution in [-0.4, -0.2) is 35.4 Å². The number of carbonyl (C=O) groups is 1. The maximum Gasteiger partial charge on any atom is 0.256 e. The molecule has 0 aliphatic heterocycles. The molecule has 0 aromatic carbocycles. The largest absolute Gasteiger partial charge is 0.321 e. The Morgan fingerprint density at radius 1 is 1.13 bits per heavy atom. The van der Waals surface area contributed by atoms with Gasteiger partial charge in [-0.15, -0.1) is 0 Å². The fraction of sp³-hybridized carbons (Fsp3) is 0.318. The lowest BCUT2D eigenvalue weighted by atomic mass is 10.1. The van der Waals surface area contributed by atoms with E-state index in [0.717, 1.165) is 46.7 Å². The average molecular weight is 401 g/mol. The number of aromatic nitrogens is 6. The summed E-state index contributed by atoms with van der Waals surface area (Å²) in [6, 6.07) is 7.61. The summed E-state index contributed by atoms with van der Waals surface area (Å²) in [5.41, 5.74) is 5.70. The first-order chi connectivity index (χ1) is 14.4. The van der Waals surface area contributed by atoms with Gasteiger partial charge in [0.05, 0.1) is 34.2 Å². The summed E-state index contributed by atoms with van der Waals surface area (Å²) in [5, 5.41) is 12.7. The Kier molecular flexibility index (Phi) is 4.16. The number of rotatable bonds is 4. The normalized spacial score (nSPS) is 13.7. The summed E-state index contributed by atoms with van der Waals surface area (Å²) in [5.74, 6) is 0.975. The first kappa shape index (κ1) is 18.5. The second-order valence-corrected chi connectivity index (χ2v) is 7.97. The number of carbonyl (C=O) groups excluding carboxylic acids is 1. The number of pyridine rings is 2. The Morgan fingerprint density at radius 2 is 1.93 bits per heavy atom. The van der Waals surface area contributed by atoms with E-state index in [4.69, 9.17) is 4.98 Å². The average Bonchev–Trinajstić information content (AvgIpc) is 3.46. The number of amides is 1. The Morgan fingerprint density at radius 3 is 2.57 bits per heavy atom. The van der Waals surface area contributed by atoms with Crippen molar-refractivity contribution in [2.75, 3.05) is 5.32 Å². The van der Waals surface area contributed by atoms with E-state index in [1.54, 1.807) is 15.6 Å². The van der Waals surface area contributed by atoms with Crippen molar-refractivity contribution >= 4 is 22.6 Å². The molecular weight excluding hydrogens is 378 g/mol. The summed E-state index contributed by atoms with van der Waals surface area (Å²) in [7, 11) is 1.86. The van der Waals surface area contributed by atoms with Gasteiger partial charge >= 0.3 is 0 Å². The quantitative estimate of drug-likeness (QED) is 0.564. The van der Waals surface area contributed by atoms with E-state index in [1.807, 2.05) is 52.1 Å². The van der Waals surface area contributed by atoms with Gasteiger partial charge in [0.25, 0.3) is 5.91 Å². The molecule has 1 amide bonds. The van der Waals surface area contributed by atoms with E-state index in [0.29, 0.717) is 23.0 Å². The van der Waals surface area contributed by atoms with Crippen LogP contribution in [-0.2, 0) is 7.05 Å². The van der Waals surface area contributed by atoms with Crippen LogP contribution in [0, 0.1) is 20.8 Å². The zero-order chi connectivity index (χ0) is 21.0. The number of nitrogens with one attached hydrogen (secondary N) is 1. The highest BCUT2D eigenvalue weighted by Gasteiger charge is 2.28. The third-order valence-electron chi connectivity index (χ3n) is 5.46. The third kappa shape index (κ3) is 3.14. The van der Waals surface area contributed by atoms with E-state index >= 15 is 0 Å². The Labute approximate surface area is 174 Å². The maximum atomic E-state index is 13.2. The summed E-state index contributed by atoms with van der Waals surface area (Å²) in [6.45, 7) is 5.84. The molecule has 1 N–H and O–H groups in total. The third-order valence-corrected chi connectivity index (χ3v) is 5.46. The molecule has 0 radical (unpaired) electrons. The molecule has 30 heavy (non-hydrogen) atoms. The van der Waals surface area contributed by atoms with Crippen molar-refractivity contribution in [3.63, 3.8) is 0 Å². The van der Waals surface area contributed by atoms with Gasteiger partial charge in [-0.25, -0.2) is 14.6 Å². The molecule has 0 spiro atoms. The summed E-state index contributed by atoms with van der Waals surface area (Å²) < 4.78 is 3.53. The standard InChI is InChI=1S/C22H23N7O/c1-12-9-13(2)29(26-12)19-8-7-16(11-23-19)24-22(30)17-10-18(15-5-6-15)25-21-20(17)14(3)27-28(21)4/h7-11,15H,5-6H2,1-4H3,(H,24,30). The van der Waals surface area contributed by atoms with E-state index in [-0.39, 0.29) is 5.91 Å². The fourth-order valence-electron chi connectivity index (χ4n) is 3.88. The van der Waals surface area contributed by atoms with Crippen molar-refractivity contribution in [2.45, 2.75) is 39.5 Å². The molecule has 1 fully saturated rings. The van der Waals surface area contributed by atoms with Crippen molar-refractivity contribution in [3.8, 4) is 5.82 Å². The minimum Gasteiger partial charge on any atom is -0.321 e. The van der Waals surface area contributed by atoms with Gasteiger partial charge in [-0.05, 0) is 57.9 Å². The zero-order valence-corrected chi connectivity index (χ0v) is 17.5. The van der Waals surface area contributed by atoms with Gasteiger partial charge in [0, 0.05) is 24.4 Å². The molecule has 5 rings (SSSR count). The summed E-state index contributed by atoms with van der Waals surface area (Å²) in [6.07, 6.45) is 3.89. The van der Waals surface area contributed by atoms with Gasteiger partial charge in [-0.1, -0.05) is 0 Å². The monoisotopic (exact) mass is 401 g/mol. The number of anilines is 1. The lowest BCUT2D eigenvalue weighted by molar-refractivity contribution is 0.102. The highest BCUT2D eigenvalue weighted by molar-refractivity contribution is 6.12. The highest BCUT2D eigenvalue weighted by Crippen LogP contribution is 2.40. The first-order valence-electron chi connectivity index (χ1n) is 10.1. The second-order valence-electron chi connectivity index (χ2n) is 7.97. The predicted octanol–water partition coefficient (Wildman–Crippen LogP) is 3.60. The van der Waals surface area contributed by atoms with Crippen LogP contribution in [0.4, 0.5) is 5.69 Å².